The number of amides is 2. The van der Waals surface area contributed by atoms with E-state index in [1.165, 1.54) is 37.1 Å². The van der Waals surface area contributed by atoms with E-state index in [0.29, 0.717) is 11.4 Å². The van der Waals surface area contributed by atoms with E-state index in [1.54, 1.807) is 24.3 Å². The molecule has 0 aliphatic carbocycles. The summed E-state index contributed by atoms with van der Waals surface area (Å²) >= 11 is 0. The van der Waals surface area contributed by atoms with Crippen molar-refractivity contribution in [2.75, 3.05) is 23.9 Å². The van der Waals surface area contributed by atoms with Crippen LogP contribution in [0.3, 0.4) is 0 Å². The molecule has 0 saturated heterocycles. The maximum Gasteiger partial charge on any atom is 0.418 e. The first-order chi connectivity index (χ1) is 12.7. The van der Waals surface area contributed by atoms with Gasteiger partial charge in [-0.05, 0) is 24.3 Å². The molecule has 2 rings (SSSR count). The number of nitrogens with zero attached hydrogens (tertiary/aromatic N) is 1. The minimum absolute atomic E-state index is 0.00424. The van der Waals surface area contributed by atoms with E-state index < -0.39 is 17.6 Å². The fourth-order valence-corrected chi connectivity index (χ4v) is 2.57. The van der Waals surface area contributed by atoms with Crippen LogP contribution in [-0.4, -0.2) is 25.5 Å². The third-order valence-corrected chi connectivity index (χ3v) is 3.83. The second-order valence-corrected chi connectivity index (χ2v) is 5.68. The SMILES string of the molecule is COc1ccccc1N(CCC(=O)Nc1ccccc1C(F)(F)F)C(C)=O. The van der Waals surface area contributed by atoms with Crippen LogP contribution in [0.25, 0.3) is 0 Å². The molecule has 0 aliphatic rings. The Morgan fingerprint density at radius 3 is 2.33 bits per heavy atom. The molecule has 0 aliphatic heterocycles. The molecule has 0 heterocycles. The van der Waals surface area contributed by atoms with Crippen molar-refractivity contribution in [3.8, 4) is 5.75 Å². The van der Waals surface area contributed by atoms with Crippen molar-refractivity contribution in [3.63, 3.8) is 0 Å². The van der Waals surface area contributed by atoms with Gasteiger partial charge >= 0.3 is 6.18 Å². The average molecular weight is 380 g/mol. The second kappa shape index (κ2) is 8.57. The van der Waals surface area contributed by atoms with Crippen molar-refractivity contribution in [3.05, 3.63) is 54.1 Å². The second-order valence-electron chi connectivity index (χ2n) is 5.68. The minimum atomic E-state index is -4.58. The van der Waals surface area contributed by atoms with Crippen LogP contribution in [0.15, 0.2) is 48.5 Å². The highest BCUT2D eigenvalue weighted by Gasteiger charge is 2.33. The van der Waals surface area contributed by atoms with Gasteiger partial charge in [-0.3, -0.25) is 9.59 Å². The summed E-state index contributed by atoms with van der Waals surface area (Å²) in [5.41, 5.74) is -0.760. The molecular formula is C19H19F3N2O3. The summed E-state index contributed by atoms with van der Waals surface area (Å²) in [5, 5.41) is 2.26. The van der Waals surface area contributed by atoms with Crippen LogP contribution in [0.1, 0.15) is 18.9 Å². The number of rotatable bonds is 6. The number of para-hydroxylation sites is 3. The van der Waals surface area contributed by atoms with Crippen LogP contribution in [0, 0.1) is 0 Å². The zero-order valence-corrected chi connectivity index (χ0v) is 14.8. The largest absolute Gasteiger partial charge is 0.495 e. The Bertz CT molecular complexity index is 822. The number of hydrogen-bond acceptors (Lipinski definition) is 3. The van der Waals surface area contributed by atoms with Gasteiger partial charge in [-0.25, -0.2) is 0 Å². The van der Waals surface area contributed by atoms with E-state index in [0.717, 1.165) is 6.07 Å². The van der Waals surface area contributed by atoms with E-state index in [2.05, 4.69) is 5.32 Å². The first-order valence-electron chi connectivity index (χ1n) is 8.11. The van der Waals surface area contributed by atoms with Gasteiger partial charge in [-0.2, -0.15) is 13.2 Å². The molecule has 2 aromatic rings. The quantitative estimate of drug-likeness (QED) is 0.821. The van der Waals surface area contributed by atoms with Crippen LogP contribution in [0.2, 0.25) is 0 Å². The van der Waals surface area contributed by atoms with E-state index in [-0.39, 0.29) is 24.6 Å². The highest BCUT2D eigenvalue weighted by atomic mass is 19.4. The highest BCUT2D eigenvalue weighted by Crippen LogP contribution is 2.34. The molecule has 0 aromatic heterocycles. The standard InChI is InChI=1S/C19H19F3N2O3/c1-13(25)24(16-9-5-6-10-17(16)27-2)12-11-18(26)23-15-8-4-3-7-14(15)19(20,21)22/h3-10H,11-12H2,1-2H3,(H,23,26). The number of carbonyl (C=O) groups is 2. The maximum absolute atomic E-state index is 13.0. The van der Waals surface area contributed by atoms with Crippen LogP contribution in [-0.2, 0) is 15.8 Å². The van der Waals surface area contributed by atoms with Gasteiger partial charge in [0.05, 0.1) is 24.0 Å². The fourth-order valence-electron chi connectivity index (χ4n) is 2.57. The predicted octanol–water partition coefficient (Wildman–Crippen LogP) is 4.10. The number of halogens is 3. The summed E-state index contributed by atoms with van der Waals surface area (Å²) in [4.78, 5) is 25.5. The molecule has 27 heavy (non-hydrogen) atoms. The lowest BCUT2D eigenvalue weighted by Crippen LogP contribution is -2.32. The smallest absolute Gasteiger partial charge is 0.418 e. The number of alkyl halides is 3. The summed E-state index contributed by atoms with van der Waals surface area (Å²) in [7, 11) is 1.46. The third kappa shape index (κ3) is 5.22. The van der Waals surface area contributed by atoms with E-state index in [4.69, 9.17) is 4.74 Å². The summed E-state index contributed by atoms with van der Waals surface area (Å²) in [6.07, 6.45) is -4.75. The summed E-state index contributed by atoms with van der Waals surface area (Å²) in [6, 6.07) is 11.5. The molecule has 5 nitrogen and oxygen atoms in total. The normalized spacial score (nSPS) is 11.0. The molecule has 0 unspecified atom stereocenters. The number of hydrogen-bond donors (Lipinski definition) is 1. The van der Waals surface area contributed by atoms with Gasteiger partial charge in [0.15, 0.2) is 0 Å². The average Bonchev–Trinajstić information content (AvgIpc) is 2.61. The highest BCUT2D eigenvalue weighted by molar-refractivity contribution is 5.96. The van der Waals surface area contributed by atoms with Crippen LogP contribution >= 0.6 is 0 Å². The fraction of sp³-hybridized carbons (Fsp3) is 0.263. The molecule has 8 heteroatoms. The molecule has 2 amide bonds. The Hall–Kier alpha value is -3.03. The van der Waals surface area contributed by atoms with Gasteiger partial charge in [-0.15, -0.1) is 0 Å². The van der Waals surface area contributed by atoms with E-state index in [1.807, 2.05) is 0 Å². The van der Waals surface area contributed by atoms with Gasteiger partial charge in [0.25, 0.3) is 0 Å². The van der Waals surface area contributed by atoms with Crippen molar-refractivity contribution in [2.45, 2.75) is 19.5 Å². The van der Waals surface area contributed by atoms with Crippen LogP contribution in [0.5, 0.6) is 5.75 Å². The van der Waals surface area contributed by atoms with Gasteiger partial charge in [-0.1, -0.05) is 24.3 Å². The topological polar surface area (TPSA) is 58.6 Å². The molecule has 144 valence electrons. The van der Waals surface area contributed by atoms with Gasteiger partial charge in [0.1, 0.15) is 5.75 Å². The van der Waals surface area contributed by atoms with Crippen LogP contribution in [0.4, 0.5) is 24.5 Å². The van der Waals surface area contributed by atoms with Gasteiger partial charge < -0.3 is 15.0 Å². The van der Waals surface area contributed by atoms with Crippen molar-refractivity contribution in [1.82, 2.24) is 0 Å². The summed E-state index contributed by atoms with van der Waals surface area (Å²) in [6.45, 7) is 1.33. The van der Waals surface area contributed by atoms with Crippen molar-refractivity contribution in [1.29, 1.82) is 0 Å². The van der Waals surface area contributed by atoms with Crippen molar-refractivity contribution < 1.29 is 27.5 Å². The summed E-state index contributed by atoms with van der Waals surface area (Å²) < 4.78 is 44.2. The number of nitrogens with one attached hydrogen (secondary N) is 1. The maximum atomic E-state index is 13.0. The van der Waals surface area contributed by atoms with Crippen LogP contribution < -0.4 is 15.0 Å². The molecule has 1 N–H and O–H groups in total. The zero-order chi connectivity index (χ0) is 20.0. The lowest BCUT2D eigenvalue weighted by molar-refractivity contribution is -0.137. The monoisotopic (exact) mass is 380 g/mol. The Balaban J connectivity index is 2.11. The molecule has 0 bridgehead atoms. The number of ether oxygens (including phenoxy) is 1. The molecule has 2 aromatic carbocycles. The third-order valence-electron chi connectivity index (χ3n) is 3.83. The molecular weight excluding hydrogens is 361 g/mol. The van der Waals surface area contributed by atoms with Gasteiger partial charge in [0.2, 0.25) is 11.8 Å². The Morgan fingerprint density at radius 2 is 1.70 bits per heavy atom. The molecule has 0 radical (unpaired) electrons. The van der Waals surface area contributed by atoms with E-state index >= 15 is 0 Å². The Kier molecular flexibility index (Phi) is 6.44. The number of methoxy groups -OCH3 is 1. The number of anilines is 2. The zero-order valence-electron chi connectivity index (χ0n) is 14.8. The predicted molar refractivity (Wildman–Crippen MR) is 95.7 cm³/mol. The van der Waals surface area contributed by atoms with Crippen molar-refractivity contribution in [2.24, 2.45) is 0 Å². The Morgan fingerprint density at radius 1 is 1.07 bits per heavy atom. The first kappa shape index (κ1) is 20.3. The molecule has 0 spiro atoms. The molecule has 0 atom stereocenters. The number of carbonyl (C=O) groups excluding carboxylic acids is 2. The lowest BCUT2D eigenvalue weighted by atomic mass is 10.1. The molecule has 0 saturated carbocycles. The van der Waals surface area contributed by atoms with E-state index in [9.17, 15) is 22.8 Å². The first-order valence-corrected chi connectivity index (χ1v) is 8.11. The number of benzene rings is 2. The van der Waals surface area contributed by atoms with Gasteiger partial charge in [0, 0.05) is 19.9 Å². The summed E-state index contributed by atoms with van der Waals surface area (Å²) in [5.74, 6) is -0.494. The Labute approximate surface area is 154 Å². The minimum Gasteiger partial charge on any atom is -0.495 e. The lowest BCUT2D eigenvalue weighted by Gasteiger charge is -2.23. The van der Waals surface area contributed by atoms with Crippen molar-refractivity contribution >= 4 is 23.2 Å². The molecule has 0 fully saturated rings.